The lowest BCUT2D eigenvalue weighted by molar-refractivity contribution is 0.0953. The fraction of sp³-hybridized carbons (Fsp3) is 0.310. The lowest BCUT2D eigenvalue weighted by Gasteiger charge is -2.13. The monoisotopic (exact) mass is 489 g/mol. The number of amides is 1. The van der Waals surface area contributed by atoms with Crippen LogP contribution in [0.15, 0.2) is 72.8 Å². The predicted molar refractivity (Wildman–Crippen MR) is 142 cm³/mol. The maximum absolute atomic E-state index is 12.4. The smallest absolute Gasteiger partial charge is 0.252 e. The molecule has 182 valence electrons. The SMILES string of the molecule is CCC(C)c1ccc(OCCn2c(CCCNC(=O)c3ccccc3Cl)nc3ccccc32)cc1. The molecule has 1 N–H and O–H groups in total. The Bertz CT molecular complexity index is 1270. The molecule has 5 nitrogen and oxygen atoms in total. The van der Waals surface area contributed by atoms with Crippen molar-refractivity contribution in [3.8, 4) is 5.75 Å². The fourth-order valence-corrected chi connectivity index (χ4v) is 4.36. The number of benzene rings is 3. The number of hydrogen-bond acceptors (Lipinski definition) is 3. The van der Waals surface area contributed by atoms with Crippen molar-refractivity contribution in [1.29, 1.82) is 0 Å². The molecule has 1 amide bonds. The maximum atomic E-state index is 12.4. The Hall–Kier alpha value is -3.31. The molecule has 4 aromatic rings. The lowest BCUT2D eigenvalue weighted by atomic mass is 9.99. The number of nitrogens with zero attached hydrogens (tertiary/aromatic N) is 2. The van der Waals surface area contributed by atoms with Crippen LogP contribution in [0.2, 0.25) is 5.02 Å². The Balaban J connectivity index is 1.35. The van der Waals surface area contributed by atoms with Crippen LogP contribution in [0.5, 0.6) is 5.75 Å². The zero-order valence-corrected chi connectivity index (χ0v) is 21.1. The van der Waals surface area contributed by atoms with Crippen LogP contribution in [0.1, 0.15) is 54.4 Å². The second-order valence-electron chi connectivity index (χ2n) is 8.73. The Kier molecular flexibility index (Phi) is 8.43. The molecule has 0 aliphatic carbocycles. The Morgan fingerprint density at radius 2 is 1.80 bits per heavy atom. The van der Waals surface area contributed by atoms with Crippen LogP contribution in [-0.4, -0.2) is 28.6 Å². The number of para-hydroxylation sites is 2. The molecule has 0 fully saturated rings. The molecule has 1 aromatic heterocycles. The van der Waals surface area contributed by atoms with Crippen LogP contribution in [0.3, 0.4) is 0 Å². The number of rotatable bonds is 11. The second-order valence-corrected chi connectivity index (χ2v) is 9.14. The van der Waals surface area contributed by atoms with Crippen molar-refractivity contribution in [3.05, 3.63) is 94.8 Å². The summed E-state index contributed by atoms with van der Waals surface area (Å²) in [4.78, 5) is 17.2. The van der Waals surface area contributed by atoms with Gasteiger partial charge in [-0.1, -0.05) is 61.8 Å². The third-order valence-electron chi connectivity index (χ3n) is 6.36. The molecule has 0 saturated heterocycles. The van der Waals surface area contributed by atoms with Crippen LogP contribution < -0.4 is 10.1 Å². The summed E-state index contributed by atoms with van der Waals surface area (Å²) < 4.78 is 8.27. The van der Waals surface area contributed by atoms with Crippen LogP contribution in [0.25, 0.3) is 11.0 Å². The number of fused-ring (bicyclic) bond motifs is 1. The van der Waals surface area contributed by atoms with Gasteiger partial charge in [0, 0.05) is 13.0 Å². The highest BCUT2D eigenvalue weighted by Crippen LogP contribution is 2.22. The van der Waals surface area contributed by atoms with E-state index in [1.165, 1.54) is 5.56 Å². The molecule has 1 unspecified atom stereocenters. The second kappa shape index (κ2) is 11.9. The van der Waals surface area contributed by atoms with Gasteiger partial charge in [0.05, 0.1) is 28.2 Å². The highest BCUT2D eigenvalue weighted by molar-refractivity contribution is 6.33. The molecule has 3 aromatic carbocycles. The Labute approximate surface area is 212 Å². The van der Waals surface area contributed by atoms with Crippen LogP contribution >= 0.6 is 11.6 Å². The third kappa shape index (κ3) is 6.23. The first-order valence-corrected chi connectivity index (χ1v) is 12.6. The van der Waals surface area contributed by atoms with Crippen molar-refractivity contribution in [2.45, 2.75) is 45.6 Å². The van der Waals surface area contributed by atoms with Crippen molar-refractivity contribution >= 4 is 28.5 Å². The van der Waals surface area contributed by atoms with Crippen molar-refractivity contribution < 1.29 is 9.53 Å². The van der Waals surface area contributed by atoms with E-state index in [1.54, 1.807) is 12.1 Å². The molecular formula is C29H32ClN3O2. The molecule has 1 atom stereocenters. The van der Waals surface area contributed by atoms with E-state index in [1.807, 2.05) is 30.3 Å². The highest BCUT2D eigenvalue weighted by atomic mass is 35.5. The normalized spacial score (nSPS) is 12.0. The van der Waals surface area contributed by atoms with E-state index in [0.29, 0.717) is 36.2 Å². The highest BCUT2D eigenvalue weighted by Gasteiger charge is 2.12. The quantitative estimate of drug-likeness (QED) is 0.240. The van der Waals surface area contributed by atoms with Gasteiger partial charge in [-0.25, -0.2) is 4.98 Å². The first-order chi connectivity index (χ1) is 17.1. The number of ether oxygens (including phenoxy) is 1. The average molecular weight is 490 g/mol. The molecule has 4 rings (SSSR count). The summed E-state index contributed by atoms with van der Waals surface area (Å²) >= 11 is 6.13. The summed E-state index contributed by atoms with van der Waals surface area (Å²) in [7, 11) is 0. The van der Waals surface area contributed by atoms with Crippen molar-refractivity contribution in [1.82, 2.24) is 14.9 Å². The maximum Gasteiger partial charge on any atom is 0.252 e. The number of nitrogens with one attached hydrogen (secondary N) is 1. The number of hydrogen-bond donors (Lipinski definition) is 1. The van der Waals surface area contributed by atoms with Gasteiger partial charge in [0.2, 0.25) is 0 Å². The largest absolute Gasteiger partial charge is 0.492 e. The van der Waals surface area contributed by atoms with Crippen molar-refractivity contribution in [3.63, 3.8) is 0 Å². The molecule has 35 heavy (non-hydrogen) atoms. The molecule has 0 spiro atoms. The van der Waals surface area contributed by atoms with Gasteiger partial charge in [-0.2, -0.15) is 0 Å². The molecule has 0 aliphatic rings. The Morgan fingerprint density at radius 1 is 1.06 bits per heavy atom. The summed E-state index contributed by atoms with van der Waals surface area (Å²) in [5, 5.41) is 3.42. The minimum absolute atomic E-state index is 0.156. The average Bonchev–Trinajstić information content (AvgIpc) is 3.24. The minimum atomic E-state index is -0.156. The summed E-state index contributed by atoms with van der Waals surface area (Å²) in [6.45, 7) is 6.25. The van der Waals surface area contributed by atoms with Gasteiger partial charge < -0.3 is 14.6 Å². The molecule has 0 bridgehead atoms. The van der Waals surface area contributed by atoms with Gasteiger partial charge in [0.1, 0.15) is 18.2 Å². The number of halogens is 1. The summed E-state index contributed by atoms with van der Waals surface area (Å²) in [5.74, 6) is 2.27. The van der Waals surface area contributed by atoms with Crippen LogP contribution in [0, 0.1) is 0 Å². The minimum Gasteiger partial charge on any atom is -0.492 e. The van der Waals surface area contributed by atoms with E-state index in [0.717, 1.165) is 41.9 Å². The van der Waals surface area contributed by atoms with Gasteiger partial charge >= 0.3 is 0 Å². The summed E-state index contributed by atoms with van der Waals surface area (Å²) in [5.41, 5.74) is 3.90. The first kappa shape index (κ1) is 24.8. The lowest BCUT2D eigenvalue weighted by Crippen LogP contribution is -2.25. The predicted octanol–water partition coefficient (Wildman–Crippen LogP) is 6.64. The molecule has 1 heterocycles. The van der Waals surface area contributed by atoms with E-state index >= 15 is 0 Å². The van der Waals surface area contributed by atoms with E-state index in [9.17, 15) is 4.79 Å². The van der Waals surface area contributed by atoms with Gasteiger partial charge in [-0.15, -0.1) is 0 Å². The van der Waals surface area contributed by atoms with Crippen LogP contribution in [0.4, 0.5) is 0 Å². The Morgan fingerprint density at radius 3 is 2.57 bits per heavy atom. The van der Waals surface area contributed by atoms with E-state index in [4.69, 9.17) is 21.3 Å². The molecular weight excluding hydrogens is 458 g/mol. The number of carbonyl (C=O) groups is 1. The number of aryl methyl sites for hydroxylation is 1. The molecule has 0 radical (unpaired) electrons. The first-order valence-electron chi connectivity index (χ1n) is 12.3. The fourth-order valence-electron chi connectivity index (χ4n) is 4.14. The van der Waals surface area contributed by atoms with E-state index in [-0.39, 0.29) is 5.91 Å². The molecule has 0 saturated carbocycles. The van der Waals surface area contributed by atoms with E-state index < -0.39 is 0 Å². The zero-order valence-electron chi connectivity index (χ0n) is 20.3. The number of aromatic nitrogens is 2. The van der Waals surface area contributed by atoms with Crippen LogP contribution in [-0.2, 0) is 13.0 Å². The molecule has 0 aliphatic heterocycles. The van der Waals surface area contributed by atoms with Gasteiger partial charge in [-0.05, 0) is 60.7 Å². The number of carbonyl (C=O) groups excluding carboxylic acids is 1. The standard InChI is InChI=1S/C29H32ClN3O2/c1-3-21(2)22-14-16-23(17-15-22)35-20-19-33-27-12-7-6-11-26(27)32-28(33)13-8-18-31-29(34)24-9-4-5-10-25(24)30/h4-7,9-12,14-17,21H,3,8,13,18-20H2,1-2H3,(H,31,34). The molecule has 6 heteroatoms. The summed E-state index contributed by atoms with van der Waals surface area (Å²) in [6.07, 6.45) is 2.65. The third-order valence-corrected chi connectivity index (χ3v) is 6.69. The van der Waals surface area contributed by atoms with E-state index in [2.05, 4.69) is 54.1 Å². The topological polar surface area (TPSA) is 56.1 Å². The van der Waals surface area contributed by atoms with Gasteiger partial charge in [0.15, 0.2) is 0 Å². The van der Waals surface area contributed by atoms with Gasteiger partial charge in [0.25, 0.3) is 5.91 Å². The summed E-state index contributed by atoms with van der Waals surface area (Å²) in [6, 6.07) is 23.6. The van der Waals surface area contributed by atoms with Gasteiger partial charge in [-0.3, -0.25) is 4.79 Å². The zero-order chi connectivity index (χ0) is 24.6. The van der Waals surface area contributed by atoms with Crippen molar-refractivity contribution in [2.75, 3.05) is 13.2 Å². The number of imidazole rings is 1. The van der Waals surface area contributed by atoms with Crippen molar-refractivity contribution in [2.24, 2.45) is 0 Å².